The Morgan fingerprint density at radius 2 is 1.69 bits per heavy atom. The number of aryl methyl sites for hydroxylation is 3. The van der Waals surface area contributed by atoms with Crippen molar-refractivity contribution in [3.63, 3.8) is 0 Å². The number of aromatic nitrogens is 1. The molecule has 0 saturated carbocycles. The Morgan fingerprint density at radius 1 is 1.00 bits per heavy atom. The number of hydrogen-bond acceptors (Lipinski definition) is 1. The summed E-state index contributed by atoms with van der Waals surface area (Å²) in [7, 11) is 2.02. The highest BCUT2D eigenvalue weighted by atomic mass is 19.1. The average Bonchev–Trinajstić information content (AvgIpc) is 2.96. The molecule has 128 valence electrons. The van der Waals surface area contributed by atoms with Gasteiger partial charge in [0.2, 0.25) is 5.69 Å². The predicted octanol–water partition coefficient (Wildman–Crippen LogP) is 5.69. The van der Waals surface area contributed by atoms with Crippen LogP contribution in [0.3, 0.4) is 0 Å². The van der Waals surface area contributed by atoms with E-state index >= 15 is 0 Å². The van der Waals surface area contributed by atoms with Gasteiger partial charge in [0.25, 0.3) is 5.69 Å². The fourth-order valence-corrected chi connectivity index (χ4v) is 3.60. The van der Waals surface area contributed by atoms with Crippen molar-refractivity contribution in [2.75, 3.05) is 0 Å². The molecule has 4 heteroatoms. The van der Waals surface area contributed by atoms with Crippen LogP contribution in [0, 0.1) is 33.2 Å². The van der Waals surface area contributed by atoms with Crippen LogP contribution in [0.25, 0.3) is 38.0 Å². The van der Waals surface area contributed by atoms with E-state index in [0.717, 1.165) is 38.9 Å². The minimum atomic E-state index is -0.554. The van der Waals surface area contributed by atoms with Crippen LogP contribution in [0.15, 0.2) is 40.8 Å². The van der Waals surface area contributed by atoms with Crippen molar-refractivity contribution in [2.24, 2.45) is 7.05 Å². The second-order valence-corrected chi connectivity index (χ2v) is 6.74. The number of pyridine rings is 1. The van der Waals surface area contributed by atoms with Gasteiger partial charge in [-0.05, 0) is 31.0 Å². The highest BCUT2D eigenvalue weighted by molar-refractivity contribution is 6.12. The van der Waals surface area contributed by atoms with E-state index in [9.17, 15) is 4.39 Å². The Labute approximate surface area is 151 Å². The third kappa shape index (κ3) is 2.21. The Kier molecular flexibility index (Phi) is 3.55. The molecule has 0 radical (unpaired) electrons. The summed E-state index contributed by atoms with van der Waals surface area (Å²) in [6.07, 6.45) is 0. The molecule has 0 aliphatic carbocycles. The first-order valence-electron chi connectivity index (χ1n) is 8.41. The molecule has 2 aromatic carbocycles. The maximum absolute atomic E-state index is 14.0. The molecular weight excluding hydrogens is 327 g/mol. The van der Waals surface area contributed by atoms with Crippen LogP contribution in [-0.4, -0.2) is 0 Å². The van der Waals surface area contributed by atoms with Crippen LogP contribution in [0.4, 0.5) is 10.1 Å². The lowest BCUT2D eigenvalue weighted by atomic mass is 9.99. The van der Waals surface area contributed by atoms with Gasteiger partial charge < -0.3 is 4.42 Å². The van der Waals surface area contributed by atoms with Crippen molar-refractivity contribution < 1.29 is 13.4 Å². The standard InChI is InChI=1S/C22H18FN2O/c1-12-10-14(3)25(5)18(11-12)19-13(2)6-7-15-16-8-9-17(23)20(24-4)22(16)26-21(15)19/h6-11H,1-3,5H3/q+1. The lowest BCUT2D eigenvalue weighted by molar-refractivity contribution is -0.666. The highest BCUT2D eigenvalue weighted by Gasteiger charge is 2.23. The topological polar surface area (TPSA) is 21.4 Å². The third-order valence-corrected chi connectivity index (χ3v) is 5.00. The van der Waals surface area contributed by atoms with E-state index in [1.807, 2.05) is 26.1 Å². The van der Waals surface area contributed by atoms with Crippen molar-refractivity contribution in [3.05, 3.63) is 70.5 Å². The predicted molar refractivity (Wildman–Crippen MR) is 101 cm³/mol. The van der Waals surface area contributed by atoms with Crippen molar-refractivity contribution in [1.29, 1.82) is 0 Å². The maximum Gasteiger partial charge on any atom is 0.264 e. The van der Waals surface area contributed by atoms with Crippen LogP contribution in [0.1, 0.15) is 16.8 Å². The lowest BCUT2D eigenvalue weighted by Crippen LogP contribution is -2.35. The van der Waals surface area contributed by atoms with Crippen molar-refractivity contribution in [3.8, 4) is 11.3 Å². The summed E-state index contributed by atoms with van der Waals surface area (Å²) in [5.41, 5.74) is 6.33. The van der Waals surface area contributed by atoms with E-state index in [2.05, 4.69) is 35.4 Å². The van der Waals surface area contributed by atoms with Gasteiger partial charge in [-0.3, -0.25) is 0 Å². The Hall–Kier alpha value is -3.19. The minimum absolute atomic E-state index is 0.0629. The monoisotopic (exact) mass is 345 g/mol. The molecule has 2 heterocycles. The number of fused-ring (bicyclic) bond motifs is 3. The number of furan rings is 1. The molecule has 2 aromatic heterocycles. The Balaban J connectivity index is 2.20. The Bertz CT molecular complexity index is 1250. The van der Waals surface area contributed by atoms with E-state index in [4.69, 9.17) is 11.0 Å². The molecule has 3 nitrogen and oxygen atoms in total. The first-order valence-corrected chi connectivity index (χ1v) is 8.41. The summed E-state index contributed by atoms with van der Waals surface area (Å²) in [5.74, 6) is -0.554. The summed E-state index contributed by atoms with van der Waals surface area (Å²) >= 11 is 0. The van der Waals surface area contributed by atoms with Gasteiger partial charge in [-0.2, -0.15) is 4.57 Å². The second kappa shape index (κ2) is 5.67. The number of halogens is 1. The van der Waals surface area contributed by atoms with Crippen LogP contribution in [-0.2, 0) is 7.05 Å². The number of benzene rings is 2. The third-order valence-electron chi connectivity index (χ3n) is 5.00. The molecule has 26 heavy (non-hydrogen) atoms. The quantitative estimate of drug-likeness (QED) is 0.321. The van der Waals surface area contributed by atoms with Gasteiger partial charge in [-0.25, -0.2) is 9.24 Å². The molecule has 0 amide bonds. The van der Waals surface area contributed by atoms with Gasteiger partial charge in [-0.15, -0.1) is 0 Å². The first-order chi connectivity index (χ1) is 12.4. The fraction of sp³-hybridized carbons (Fsp3) is 0.182. The molecule has 0 N–H and O–H groups in total. The zero-order chi connectivity index (χ0) is 18.6. The van der Waals surface area contributed by atoms with Crippen LogP contribution < -0.4 is 4.57 Å². The van der Waals surface area contributed by atoms with E-state index < -0.39 is 5.82 Å². The van der Waals surface area contributed by atoms with E-state index in [0.29, 0.717) is 11.2 Å². The molecular formula is C22H18FN2O+. The van der Waals surface area contributed by atoms with Crippen molar-refractivity contribution in [1.82, 2.24) is 0 Å². The average molecular weight is 345 g/mol. The number of rotatable bonds is 1. The smallest absolute Gasteiger partial charge is 0.264 e. The van der Waals surface area contributed by atoms with Crippen LogP contribution >= 0.6 is 0 Å². The molecule has 4 aromatic rings. The summed E-state index contributed by atoms with van der Waals surface area (Å²) in [5, 5.41) is 1.66. The first kappa shape index (κ1) is 16.3. The SMILES string of the molecule is [C-]#[N+]c1c(F)ccc2c1oc1c(-c3cc(C)cc(C)[n+]3C)c(C)ccc12. The van der Waals surface area contributed by atoms with Gasteiger partial charge in [0, 0.05) is 29.8 Å². The number of hydrogen-bond donors (Lipinski definition) is 0. The molecule has 0 aliphatic rings. The van der Waals surface area contributed by atoms with Gasteiger partial charge in [-0.1, -0.05) is 18.2 Å². The lowest BCUT2D eigenvalue weighted by Gasteiger charge is -2.08. The molecule has 0 atom stereocenters. The van der Waals surface area contributed by atoms with E-state index in [1.165, 1.54) is 6.07 Å². The normalized spacial score (nSPS) is 11.2. The van der Waals surface area contributed by atoms with Gasteiger partial charge in [0.15, 0.2) is 5.69 Å². The highest BCUT2D eigenvalue weighted by Crippen LogP contribution is 2.41. The van der Waals surface area contributed by atoms with Crippen LogP contribution in [0.5, 0.6) is 0 Å². The number of nitrogens with zero attached hydrogens (tertiary/aromatic N) is 2. The Morgan fingerprint density at radius 3 is 2.42 bits per heavy atom. The summed E-state index contributed by atoms with van der Waals surface area (Å²) in [4.78, 5) is 3.34. The maximum atomic E-state index is 14.0. The van der Waals surface area contributed by atoms with Gasteiger partial charge in [0.05, 0.1) is 12.1 Å². The zero-order valence-corrected chi connectivity index (χ0v) is 15.1. The molecule has 0 unspecified atom stereocenters. The largest absolute Gasteiger partial charge is 0.466 e. The van der Waals surface area contributed by atoms with Crippen LogP contribution in [0.2, 0.25) is 0 Å². The minimum Gasteiger partial charge on any atom is -0.466 e. The molecule has 0 spiro atoms. The molecule has 0 aliphatic heterocycles. The van der Waals surface area contributed by atoms with Gasteiger partial charge in [0.1, 0.15) is 24.0 Å². The molecule has 0 fully saturated rings. The van der Waals surface area contributed by atoms with Crippen molar-refractivity contribution >= 4 is 27.6 Å². The van der Waals surface area contributed by atoms with Crippen molar-refractivity contribution in [2.45, 2.75) is 20.8 Å². The second-order valence-electron chi connectivity index (χ2n) is 6.74. The zero-order valence-electron chi connectivity index (χ0n) is 15.1. The van der Waals surface area contributed by atoms with E-state index in [-0.39, 0.29) is 5.69 Å². The fourth-order valence-electron chi connectivity index (χ4n) is 3.60. The summed E-state index contributed by atoms with van der Waals surface area (Å²) in [6.45, 7) is 13.5. The molecule has 0 saturated heterocycles. The molecule has 4 rings (SSSR count). The summed E-state index contributed by atoms with van der Waals surface area (Å²) in [6, 6.07) is 11.3. The van der Waals surface area contributed by atoms with Gasteiger partial charge >= 0.3 is 0 Å². The summed E-state index contributed by atoms with van der Waals surface area (Å²) < 4.78 is 22.3. The molecule has 0 bridgehead atoms. The van der Waals surface area contributed by atoms with E-state index in [1.54, 1.807) is 6.07 Å².